The number of hydrogen-bond donors (Lipinski definition) is 2. The summed E-state index contributed by atoms with van der Waals surface area (Å²) in [4.78, 5) is 15.5. The summed E-state index contributed by atoms with van der Waals surface area (Å²) in [6.45, 7) is 5.46. The molecule has 4 aliphatic rings. The van der Waals surface area contributed by atoms with Gasteiger partial charge in [0.15, 0.2) is 0 Å². The lowest BCUT2D eigenvalue weighted by Crippen LogP contribution is -2.43. The molecule has 0 radical (unpaired) electrons. The Morgan fingerprint density at radius 1 is 1.10 bits per heavy atom. The van der Waals surface area contributed by atoms with Crippen LogP contribution in [0.1, 0.15) is 62.7 Å². The fourth-order valence-electron chi connectivity index (χ4n) is 6.33. The number of fused-ring (bicyclic) bond motifs is 3. The van der Waals surface area contributed by atoms with Crippen LogP contribution in [0.3, 0.4) is 0 Å². The maximum Gasteiger partial charge on any atom is 0.264 e. The molecule has 0 saturated heterocycles. The predicted octanol–water partition coefficient (Wildman–Crippen LogP) is 5.41. The zero-order valence-corrected chi connectivity index (χ0v) is 24.9. The van der Waals surface area contributed by atoms with Crippen LogP contribution < -0.4 is 14.4 Å². The van der Waals surface area contributed by atoms with Gasteiger partial charge in [0.05, 0.1) is 23.6 Å². The van der Waals surface area contributed by atoms with Gasteiger partial charge in [0.2, 0.25) is 10.0 Å². The summed E-state index contributed by atoms with van der Waals surface area (Å²) >= 11 is 6.32. The number of allylic oxidation sites excluding steroid dienone is 4. The Bertz CT molecular complexity index is 1290. The van der Waals surface area contributed by atoms with Gasteiger partial charge in [-0.2, -0.15) is 0 Å². The Morgan fingerprint density at radius 2 is 1.93 bits per heavy atom. The van der Waals surface area contributed by atoms with Crippen molar-refractivity contribution in [2.75, 3.05) is 24.6 Å². The molecular formula is C31H41ClN2O5S. The second-order valence-corrected chi connectivity index (χ2v) is 14.5. The zero-order chi connectivity index (χ0) is 28.4. The Labute approximate surface area is 243 Å². The number of hydrogen-bond acceptors (Lipinski definition) is 6. The molecule has 2 bridgehead atoms. The highest BCUT2D eigenvalue weighted by Gasteiger charge is 2.37. The number of nitrogens with one attached hydrogen (secondary N) is 1. The van der Waals surface area contributed by atoms with E-state index in [9.17, 15) is 18.3 Å². The van der Waals surface area contributed by atoms with Gasteiger partial charge in [-0.1, -0.05) is 49.2 Å². The van der Waals surface area contributed by atoms with E-state index < -0.39 is 27.3 Å². The normalized spacial score (nSPS) is 35.4. The fourth-order valence-corrected chi connectivity index (χ4v) is 7.85. The van der Waals surface area contributed by atoms with Gasteiger partial charge in [0.1, 0.15) is 5.75 Å². The van der Waals surface area contributed by atoms with Crippen molar-refractivity contribution in [3.05, 3.63) is 59.2 Å². The van der Waals surface area contributed by atoms with Gasteiger partial charge in [-0.25, -0.2) is 13.1 Å². The molecular weight excluding hydrogens is 548 g/mol. The van der Waals surface area contributed by atoms with Crippen molar-refractivity contribution < 1.29 is 23.1 Å². The van der Waals surface area contributed by atoms with Crippen molar-refractivity contribution in [1.82, 2.24) is 4.72 Å². The van der Waals surface area contributed by atoms with Crippen molar-refractivity contribution in [2.45, 2.75) is 63.7 Å². The molecule has 9 heteroatoms. The Balaban J connectivity index is 1.51. The lowest BCUT2D eigenvalue weighted by atomic mass is 9.70. The lowest BCUT2D eigenvalue weighted by Gasteiger charge is -2.42. The lowest BCUT2D eigenvalue weighted by molar-refractivity contribution is 0.0461. The first-order valence-corrected chi connectivity index (χ1v) is 16.5. The highest BCUT2D eigenvalue weighted by molar-refractivity contribution is 7.90. The Kier molecular flexibility index (Phi) is 8.98. The molecule has 0 aromatic heterocycles. The standard InChI is InChI=1S/C31H41ClN2O5S/c1-20-6-5-8-29(35)27-13-10-24(27)18-34-15-4-3-7-22-16-26(32)12-9-25(22)19-39-30-14-11-23(17-28(30)34)31(36)33-40(37,38)21(20)2/h5,8-9,11-12,14,16-17,20-22,24-25,27,29,35H,3-4,6-7,10,13,15,18-19H2,1-2H3,(H,33,36)/b8-5-/t20-,21+,22?,24-,25?,27+,29-/m0/s1. The third-order valence-electron chi connectivity index (χ3n) is 9.37. The molecule has 2 unspecified atom stereocenters. The summed E-state index contributed by atoms with van der Waals surface area (Å²) in [5.41, 5.74) is 1.08. The topological polar surface area (TPSA) is 95.9 Å². The second kappa shape index (κ2) is 12.3. The third kappa shape index (κ3) is 6.44. The number of aliphatic hydroxyl groups is 1. The average molecular weight is 589 g/mol. The van der Waals surface area contributed by atoms with Gasteiger partial charge >= 0.3 is 0 Å². The van der Waals surface area contributed by atoms with Crippen LogP contribution in [-0.2, 0) is 10.0 Å². The molecule has 7 nitrogen and oxygen atoms in total. The van der Waals surface area contributed by atoms with E-state index in [1.165, 1.54) is 0 Å². The SMILES string of the molecule is C[C@@H]1[C@@H](C)C/C=C\[C@H](O)[C@@H]2CC[C@H]2CN2CCCCC3C=C(Cl)C=CC3COc3ccc(cc32)C(=O)NS1(=O)=O. The number of sulfonamides is 1. The molecule has 2 heterocycles. The van der Waals surface area contributed by atoms with Gasteiger partial charge < -0.3 is 14.7 Å². The number of carbonyl (C=O) groups is 1. The number of aliphatic hydroxyl groups excluding tert-OH is 1. The fraction of sp³-hybridized carbons (Fsp3) is 0.581. The largest absolute Gasteiger partial charge is 0.491 e. The van der Waals surface area contributed by atoms with Crippen molar-refractivity contribution in [3.63, 3.8) is 0 Å². The molecule has 2 aliphatic heterocycles. The highest BCUT2D eigenvalue weighted by Crippen LogP contribution is 2.41. The summed E-state index contributed by atoms with van der Waals surface area (Å²) in [5, 5.41) is 11.0. The molecule has 0 spiro atoms. The first-order valence-electron chi connectivity index (χ1n) is 14.6. The van der Waals surface area contributed by atoms with Crippen LogP contribution in [0.25, 0.3) is 0 Å². The smallest absolute Gasteiger partial charge is 0.264 e. The van der Waals surface area contributed by atoms with E-state index in [-0.39, 0.29) is 23.3 Å². The van der Waals surface area contributed by atoms with Gasteiger partial charge in [-0.15, -0.1) is 0 Å². The van der Waals surface area contributed by atoms with Crippen LogP contribution >= 0.6 is 11.6 Å². The monoisotopic (exact) mass is 588 g/mol. The number of ether oxygens (including phenoxy) is 1. The van der Waals surface area contributed by atoms with Crippen LogP contribution in [0.15, 0.2) is 53.6 Å². The predicted molar refractivity (Wildman–Crippen MR) is 159 cm³/mol. The van der Waals surface area contributed by atoms with E-state index in [2.05, 4.69) is 21.8 Å². The minimum Gasteiger partial charge on any atom is -0.491 e. The number of rotatable bonds is 0. The van der Waals surface area contributed by atoms with E-state index in [1.54, 1.807) is 25.1 Å². The summed E-state index contributed by atoms with van der Waals surface area (Å²) in [6, 6.07) is 5.20. The Hall–Kier alpha value is -2.29. The van der Waals surface area contributed by atoms with E-state index in [4.69, 9.17) is 16.3 Å². The molecule has 1 aromatic rings. The summed E-state index contributed by atoms with van der Waals surface area (Å²) in [6.07, 6.45) is 14.8. The van der Waals surface area contributed by atoms with E-state index >= 15 is 0 Å². The number of benzene rings is 1. The number of carbonyl (C=O) groups excluding carboxylic acids is 1. The maximum atomic E-state index is 13.3. The van der Waals surface area contributed by atoms with Crippen LogP contribution in [0.2, 0.25) is 0 Å². The molecule has 1 saturated carbocycles. The van der Waals surface area contributed by atoms with Crippen molar-refractivity contribution in [1.29, 1.82) is 0 Å². The van der Waals surface area contributed by atoms with E-state index in [1.807, 2.05) is 25.2 Å². The molecule has 40 heavy (non-hydrogen) atoms. The molecule has 5 rings (SSSR count). The Morgan fingerprint density at radius 3 is 2.70 bits per heavy atom. The van der Waals surface area contributed by atoms with Crippen molar-refractivity contribution in [3.8, 4) is 5.75 Å². The average Bonchev–Trinajstić information content (AvgIpc) is 2.92. The maximum absolute atomic E-state index is 13.3. The van der Waals surface area contributed by atoms with Gasteiger partial charge in [-0.05, 0) is 87.0 Å². The molecule has 7 atom stereocenters. The molecule has 2 N–H and O–H groups in total. The van der Waals surface area contributed by atoms with Crippen LogP contribution in [0.4, 0.5) is 5.69 Å². The molecule has 2 aliphatic carbocycles. The van der Waals surface area contributed by atoms with Crippen molar-refractivity contribution >= 4 is 33.2 Å². The van der Waals surface area contributed by atoms with Gasteiger partial charge in [-0.3, -0.25) is 4.79 Å². The number of anilines is 1. The quantitative estimate of drug-likeness (QED) is 0.393. The minimum atomic E-state index is -3.90. The molecule has 1 amide bonds. The molecule has 1 fully saturated rings. The van der Waals surface area contributed by atoms with Crippen LogP contribution in [-0.4, -0.2) is 50.5 Å². The van der Waals surface area contributed by atoms with E-state index in [0.717, 1.165) is 55.9 Å². The third-order valence-corrected chi connectivity index (χ3v) is 11.5. The first kappa shape index (κ1) is 29.2. The first-order chi connectivity index (χ1) is 19.1. The summed E-state index contributed by atoms with van der Waals surface area (Å²) in [5.74, 6) is 0.778. The zero-order valence-electron chi connectivity index (χ0n) is 23.3. The van der Waals surface area contributed by atoms with Crippen LogP contribution in [0.5, 0.6) is 5.75 Å². The van der Waals surface area contributed by atoms with Gasteiger partial charge in [0, 0.05) is 29.6 Å². The molecule has 1 aromatic carbocycles. The second-order valence-electron chi connectivity index (χ2n) is 12.0. The highest BCUT2D eigenvalue weighted by atomic mass is 35.5. The van der Waals surface area contributed by atoms with Gasteiger partial charge in [0.25, 0.3) is 5.91 Å². The molecule has 218 valence electrons. The number of nitrogens with zero attached hydrogens (tertiary/aromatic N) is 1. The minimum absolute atomic E-state index is 0.148. The summed E-state index contributed by atoms with van der Waals surface area (Å²) in [7, 11) is -3.90. The van der Waals surface area contributed by atoms with Crippen LogP contribution in [0, 0.1) is 29.6 Å². The number of halogens is 1. The number of amides is 1. The van der Waals surface area contributed by atoms with Crippen molar-refractivity contribution in [2.24, 2.45) is 29.6 Å². The summed E-state index contributed by atoms with van der Waals surface area (Å²) < 4.78 is 34.9. The van der Waals surface area contributed by atoms with E-state index in [0.29, 0.717) is 30.6 Å².